The summed E-state index contributed by atoms with van der Waals surface area (Å²) in [6.07, 6.45) is 3.12. The second-order valence-corrected chi connectivity index (χ2v) is 5.71. The van der Waals surface area contributed by atoms with Gasteiger partial charge in [-0.15, -0.1) is 11.8 Å². The first kappa shape index (κ1) is 11.8. The van der Waals surface area contributed by atoms with Crippen molar-refractivity contribution in [2.24, 2.45) is 0 Å². The number of fused-ring (bicyclic) bond motifs is 3. The lowest BCUT2D eigenvalue weighted by Crippen LogP contribution is -1.99. The Morgan fingerprint density at radius 2 is 1.75 bits per heavy atom. The third kappa shape index (κ3) is 1.63. The van der Waals surface area contributed by atoms with Crippen LogP contribution in [0.1, 0.15) is 11.1 Å². The monoisotopic (exact) mass is 278 g/mol. The van der Waals surface area contributed by atoms with Crippen molar-refractivity contribution in [2.45, 2.75) is 11.4 Å². The SMILES string of the molecule is CSc1c2c(nn1-c1ccccc1)-c1ccccc1C2. The molecule has 20 heavy (non-hydrogen) atoms. The molecule has 2 nitrogen and oxygen atoms in total. The minimum absolute atomic E-state index is 0.995. The van der Waals surface area contributed by atoms with Crippen LogP contribution in [0.5, 0.6) is 0 Å². The number of nitrogens with zero attached hydrogens (tertiary/aromatic N) is 2. The Bertz CT molecular complexity index is 775. The van der Waals surface area contributed by atoms with Crippen molar-refractivity contribution in [2.75, 3.05) is 6.26 Å². The molecule has 0 aliphatic heterocycles. The molecule has 0 bridgehead atoms. The van der Waals surface area contributed by atoms with Gasteiger partial charge in [-0.3, -0.25) is 0 Å². The van der Waals surface area contributed by atoms with Gasteiger partial charge in [-0.05, 0) is 24.0 Å². The minimum atomic E-state index is 0.995. The van der Waals surface area contributed by atoms with Crippen LogP contribution in [0.2, 0.25) is 0 Å². The van der Waals surface area contributed by atoms with Crippen LogP contribution in [-0.4, -0.2) is 16.0 Å². The Hall–Kier alpha value is -2.00. The summed E-state index contributed by atoms with van der Waals surface area (Å²) in [6, 6.07) is 18.9. The summed E-state index contributed by atoms with van der Waals surface area (Å²) < 4.78 is 2.07. The maximum atomic E-state index is 4.87. The van der Waals surface area contributed by atoms with Gasteiger partial charge >= 0.3 is 0 Å². The van der Waals surface area contributed by atoms with Crippen LogP contribution in [0.4, 0.5) is 0 Å². The summed E-state index contributed by atoms with van der Waals surface area (Å²) in [4.78, 5) is 0. The van der Waals surface area contributed by atoms with E-state index in [0.717, 1.165) is 17.8 Å². The number of hydrogen-bond donors (Lipinski definition) is 0. The molecule has 0 fully saturated rings. The summed E-state index contributed by atoms with van der Waals surface area (Å²) in [6.45, 7) is 0. The Labute approximate surface area is 122 Å². The first-order valence-corrected chi connectivity index (χ1v) is 7.90. The van der Waals surface area contributed by atoms with Gasteiger partial charge in [0.1, 0.15) is 5.03 Å². The van der Waals surface area contributed by atoms with E-state index >= 15 is 0 Å². The fourth-order valence-electron chi connectivity index (χ4n) is 2.86. The Kier molecular flexibility index (Phi) is 2.67. The van der Waals surface area contributed by atoms with E-state index in [-0.39, 0.29) is 0 Å². The van der Waals surface area contributed by atoms with E-state index in [1.54, 1.807) is 11.8 Å². The summed E-state index contributed by atoms with van der Waals surface area (Å²) >= 11 is 1.77. The molecule has 0 spiro atoms. The number of benzene rings is 2. The van der Waals surface area contributed by atoms with E-state index in [0.29, 0.717) is 0 Å². The van der Waals surface area contributed by atoms with Gasteiger partial charge in [0.15, 0.2) is 0 Å². The van der Waals surface area contributed by atoms with E-state index in [1.807, 2.05) is 6.07 Å². The van der Waals surface area contributed by atoms with Gasteiger partial charge in [0.2, 0.25) is 0 Å². The third-order valence-corrected chi connectivity index (χ3v) is 4.58. The first-order valence-electron chi connectivity index (χ1n) is 6.68. The van der Waals surface area contributed by atoms with Crippen LogP contribution in [0.15, 0.2) is 59.6 Å². The van der Waals surface area contributed by atoms with Crippen LogP contribution in [0, 0.1) is 0 Å². The Morgan fingerprint density at radius 3 is 2.55 bits per heavy atom. The highest BCUT2D eigenvalue weighted by Gasteiger charge is 2.26. The molecule has 0 saturated heterocycles. The van der Waals surface area contributed by atoms with Crippen LogP contribution in [0.25, 0.3) is 16.9 Å². The maximum Gasteiger partial charge on any atom is 0.104 e. The minimum Gasteiger partial charge on any atom is -0.226 e. The average Bonchev–Trinajstić information content (AvgIpc) is 3.03. The molecule has 1 aliphatic rings. The third-order valence-electron chi connectivity index (χ3n) is 3.77. The quantitative estimate of drug-likeness (QED) is 0.512. The van der Waals surface area contributed by atoms with Gasteiger partial charge in [0.05, 0.1) is 11.4 Å². The molecule has 98 valence electrons. The number of para-hydroxylation sites is 1. The maximum absolute atomic E-state index is 4.87. The fraction of sp³-hybridized carbons (Fsp3) is 0.118. The Balaban J connectivity index is 1.94. The molecule has 1 aromatic heterocycles. The van der Waals surface area contributed by atoms with Gasteiger partial charge in [-0.1, -0.05) is 42.5 Å². The van der Waals surface area contributed by atoms with Crippen LogP contribution < -0.4 is 0 Å². The molecule has 2 aromatic carbocycles. The van der Waals surface area contributed by atoms with E-state index in [1.165, 1.54) is 21.7 Å². The summed E-state index contributed by atoms with van der Waals surface area (Å²) in [5.74, 6) is 0. The average molecular weight is 278 g/mol. The molecule has 0 atom stereocenters. The lowest BCUT2D eigenvalue weighted by atomic mass is 10.1. The fourth-order valence-corrected chi connectivity index (χ4v) is 3.59. The largest absolute Gasteiger partial charge is 0.226 e. The number of hydrogen-bond acceptors (Lipinski definition) is 2. The lowest BCUT2D eigenvalue weighted by Gasteiger charge is -2.07. The first-order chi connectivity index (χ1) is 9.88. The molecule has 3 aromatic rings. The van der Waals surface area contributed by atoms with Crippen LogP contribution in [0.3, 0.4) is 0 Å². The molecular weight excluding hydrogens is 264 g/mol. The molecule has 4 rings (SSSR count). The van der Waals surface area contributed by atoms with Gasteiger partial charge < -0.3 is 0 Å². The lowest BCUT2D eigenvalue weighted by molar-refractivity contribution is 0.797. The van der Waals surface area contributed by atoms with E-state index in [9.17, 15) is 0 Å². The zero-order chi connectivity index (χ0) is 13.5. The van der Waals surface area contributed by atoms with Crippen molar-refractivity contribution in [3.05, 3.63) is 65.7 Å². The molecule has 3 heteroatoms. The predicted molar refractivity (Wildman–Crippen MR) is 83.6 cm³/mol. The van der Waals surface area contributed by atoms with Crippen molar-refractivity contribution >= 4 is 11.8 Å². The predicted octanol–water partition coefficient (Wildman–Crippen LogP) is 4.17. The van der Waals surface area contributed by atoms with Crippen molar-refractivity contribution in [1.29, 1.82) is 0 Å². The molecule has 0 saturated carbocycles. The highest BCUT2D eigenvalue weighted by Crippen LogP contribution is 2.41. The second-order valence-electron chi connectivity index (χ2n) is 4.92. The number of aromatic nitrogens is 2. The normalized spacial score (nSPS) is 12.2. The van der Waals surface area contributed by atoms with Gasteiger partial charge in [-0.25, -0.2) is 4.68 Å². The van der Waals surface area contributed by atoms with Crippen molar-refractivity contribution in [1.82, 2.24) is 9.78 Å². The smallest absolute Gasteiger partial charge is 0.104 e. The second kappa shape index (κ2) is 4.53. The molecule has 0 amide bonds. The summed E-state index contributed by atoms with van der Waals surface area (Å²) in [5.41, 5.74) is 6.31. The number of thioether (sulfide) groups is 1. The highest BCUT2D eigenvalue weighted by molar-refractivity contribution is 7.98. The van der Waals surface area contributed by atoms with Gasteiger partial charge in [0.25, 0.3) is 0 Å². The van der Waals surface area contributed by atoms with Crippen molar-refractivity contribution in [3.8, 4) is 16.9 Å². The molecule has 1 heterocycles. The van der Waals surface area contributed by atoms with Crippen LogP contribution in [-0.2, 0) is 6.42 Å². The van der Waals surface area contributed by atoms with E-state index in [2.05, 4.69) is 59.5 Å². The molecule has 0 unspecified atom stereocenters. The van der Waals surface area contributed by atoms with E-state index < -0.39 is 0 Å². The molecule has 1 aliphatic carbocycles. The molecule has 0 N–H and O–H groups in total. The zero-order valence-electron chi connectivity index (χ0n) is 11.2. The molecular formula is C17H14N2S. The van der Waals surface area contributed by atoms with E-state index in [4.69, 9.17) is 5.10 Å². The van der Waals surface area contributed by atoms with Crippen molar-refractivity contribution in [3.63, 3.8) is 0 Å². The summed E-state index contributed by atoms with van der Waals surface area (Å²) in [5, 5.41) is 6.12. The molecule has 0 radical (unpaired) electrons. The zero-order valence-corrected chi connectivity index (χ0v) is 12.0. The highest BCUT2D eigenvalue weighted by atomic mass is 32.2. The summed E-state index contributed by atoms with van der Waals surface area (Å²) in [7, 11) is 0. The van der Waals surface area contributed by atoms with Crippen LogP contribution >= 0.6 is 11.8 Å². The van der Waals surface area contributed by atoms with Crippen molar-refractivity contribution < 1.29 is 0 Å². The Morgan fingerprint density at radius 1 is 1.00 bits per heavy atom. The number of rotatable bonds is 2. The standard InChI is InChI=1S/C17H14N2S/c1-20-17-15-11-12-7-5-6-10-14(12)16(15)18-19(17)13-8-3-2-4-9-13/h2-10H,11H2,1H3. The van der Waals surface area contributed by atoms with Gasteiger partial charge in [0, 0.05) is 17.5 Å². The topological polar surface area (TPSA) is 17.8 Å². The van der Waals surface area contributed by atoms with Gasteiger partial charge in [-0.2, -0.15) is 5.10 Å².